The summed E-state index contributed by atoms with van der Waals surface area (Å²) in [5.41, 5.74) is 2.88. The number of hydrogen-bond donors (Lipinski definition) is 1. The molecule has 1 aliphatic rings. The molecule has 6 heteroatoms. The molecule has 1 amide bonds. The Labute approximate surface area is 159 Å². The van der Waals surface area contributed by atoms with Gasteiger partial charge in [0.05, 0.1) is 19.3 Å². The van der Waals surface area contributed by atoms with Crippen LogP contribution in [0, 0.1) is 5.82 Å². The first kappa shape index (κ1) is 19.3. The van der Waals surface area contributed by atoms with Gasteiger partial charge < -0.3 is 15.0 Å². The molecule has 2 aromatic rings. The Morgan fingerprint density at radius 1 is 1.15 bits per heavy atom. The van der Waals surface area contributed by atoms with E-state index in [1.165, 1.54) is 12.1 Å². The van der Waals surface area contributed by atoms with Crippen molar-refractivity contribution >= 4 is 17.3 Å². The minimum atomic E-state index is -0.311. The molecule has 0 bridgehead atoms. The van der Waals surface area contributed by atoms with Crippen LogP contribution in [0.25, 0.3) is 0 Å². The van der Waals surface area contributed by atoms with Crippen LogP contribution in [0.4, 0.5) is 15.8 Å². The molecule has 5 nitrogen and oxygen atoms in total. The minimum Gasteiger partial charge on any atom is -0.378 e. The fourth-order valence-corrected chi connectivity index (χ4v) is 3.04. The third-order valence-corrected chi connectivity index (χ3v) is 4.90. The van der Waals surface area contributed by atoms with Crippen molar-refractivity contribution in [3.8, 4) is 0 Å². The number of morpholine rings is 1. The number of halogens is 1. The topological polar surface area (TPSA) is 44.8 Å². The summed E-state index contributed by atoms with van der Waals surface area (Å²) in [6.07, 6.45) is 0. The zero-order chi connectivity index (χ0) is 19.2. The van der Waals surface area contributed by atoms with Gasteiger partial charge in [-0.3, -0.25) is 9.69 Å². The molecule has 1 N–H and O–H groups in total. The van der Waals surface area contributed by atoms with E-state index < -0.39 is 0 Å². The Hall–Kier alpha value is -2.44. The number of anilines is 2. The molecule has 1 unspecified atom stereocenters. The predicted molar refractivity (Wildman–Crippen MR) is 105 cm³/mol. The van der Waals surface area contributed by atoms with E-state index in [2.05, 4.69) is 10.2 Å². The summed E-state index contributed by atoms with van der Waals surface area (Å²) in [5, 5.41) is 2.96. The number of nitrogens with zero attached hydrogens (tertiary/aromatic N) is 2. The molecule has 1 fully saturated rings. The highest BCUT2D eigenvalue weighted by atomic mass is 19.1. The molecule has 0 saturated carbocycles. The number of nitrogens with one attached hydrogen (secondary N) is 1. The van der Waals surface area contributed by atoms with E-state index in [1.807, 2.05) is 43.1 Å². The van der Waals surface area contributed by atoms with Crippen LogP contribution in [0.1, 0.15) is 12.5 Å². The van der Waals surface area contributed by atoms with Gasteiger partial charge in [-0.1, -0.05) is 12.1 Å². The molecule has 0 aromatic heterocycles. The van der Waals surface area contributed by atoms with E-state index in [9.17, 15) is 9.18 Å². The first-order valence-corrected chi connectivity index (χ1v) is 9.21. The molecule has 3 rings (SSSR count). The lowest BCUT2D eigenvalue weighted by Gasteiger charge is -2.29. The summed E-state index contributed by atoms with van der Waals surface area (Å²) in [6, 6.07) is 13.9. The second-order valence-electron chi connectivity index (χ2n) is 6.85. The fourth-order valence-electron chi connectivity index (χ4n) is 3.04. The number of hydrogen-bond acceptors (Lipinski definition) is 4. The van der Waals surface area contributed by atoms with Gasteiger partial charge in [-0.2, -0.15) is 0 Å². The maximum Gasteiger partial charge on any atom is 0.241 e. The Bertz CT molecular complexity index is 743. The monoisotopic (exact) mass is 371 g/mol. The maximum absolute atomic E-state index is 13.0. The average Bonchev–Trinajstić information content (AvgIpc) is 2.70. The van der Waals surface area contributed by atoms with E-state index in [0.29, 0.717) is 6.54 Å². The summed E-state index contributed by atoms with van der Waals surface area (Å²) in [4.78, 5) is 16.8. The third kappa shape index (κ3) is 5.28. The molecule has 1 atom stereocenters. The maximum atomic E-state index is 13.0. The second-order valence-corrected chi connectivity index (χ2v) is 6.85. The number of carbonyl (C=O) groups excluding carboxylic acids is 1. The first-order chi connectivity index (χ1) is 13.0. The fraction of sp³-hybridized carbons (Fsp3) is 0.381. The molecule has 0 spiro atoms. The van der Waals surface area contributed by atoms with Crippen molar-refractivity contribution in [2.24, 2.45) is 0 Å². The number of ether oxygens (including phenoxy) is 1. The standard InChI is InChI=1S/C21H26FN3O2/c1-16(24(2)15-17-3-5-18(22)6-4-17)21(26)23-19-7-9-20(10-8-19)25-11-13-27-14-12-25/h3-10,16H,11-15H2,1-2H3,(H,23,26). The van der Waals surface area contributed by atoms with Crippen molar-refractivity contribution in [1.29, 1.82) is 0 Å². The zero-order valence-corrected chi connectivity index (χ0v) is 15.8. The highest BCUT2D eigenvalue weighted by molar-refractivity contribution is 5.94. The van der Waals surface area contributed by atoms with E-state index in [1.54, 1.807) is 12.1 Å². The second kappa shape index (κ2) is 8.97. The van der Waals surface area contributed by atoms with Gasteiger partial charge in [-0.05, 0) is 55.9 Å². The van der Waals surface area contributed by atoms with Gasteiger partial charge in [0, 0.05) is 31.0 Å². The normalized spacial score (nSPS) is 15.6. The van der Waals surface area contributed by atoms with Gasteiger partial charge in [0.1, 0.15) is 5.82 Å². The molecule has 1 heterocycles. The molecule has 1 saturated heterocycles. The summed E-state index contributed by atoms with van der Waals surface area (Å²) in [7, 11) is 1.88. The molecule has 144 valence electrons. The quantitative estimate of drug-likeness (QED) is 0.847. The van der Waals surface area contributed by atoms with Gasteiger partial charge in [-0.15, -0.1) is 0 Å². The number of amides is 1. The zero-order valence-electron chi connectivity index (χ0n) is 15.8. The third-order valence-electron chi connectivity index (χ3n) is 4.90. The van der Waals surface area contributed by atoms with E-state index in [4.69, 9.17) is 4.74 Å². The smallest absolute Gasteiger partial charge is 0.241 e. The highest BCUT2D eigenvalue weighted by Crippen LogP contribution is 2.19. The summed E-state index contributed by atoms with van der Waals surface area (Å²) < 4.78 is 18.4. The summed E-state index contributed by atoms with van der Waals surface area (Å²) in [6.45, 7) is 5.70. The molecule has 0 radical (unpaired) electrons. The largest absolute Gasteiger partial charge is 0.378 e. The van der Waals surface area contributed by atoms with Crippen LogP contribution in [-0.2, 0) is 16.1 Å². The van der Waals surface area contributed by atoms with Crippen molar-refractivity contribution < 1.29 is 13.9 Å². The molecule has 0 aliphatic carbocycles. The summed E-state index contributed by atoms with van der Waals surface area (Å²) in [5.74, 6) is -0.327. The number of carbonyl (C=O) groups is 1. The van der Waals surface area contributed by atoms with Crippen LogP contribution >= 0.6 is 0 Å². The van der Waals surface area contributed by atoms with Crippen LogP contribution in [0.3, 0.4) is 0 Å². The lowest BCUT2D eigenvalue weighted by Crippen LogP contribution is -2.39. The van der Waals surface area contributed by atoms with Crippen molar-refractivity contribution in [3.63, 3.8) is 0 Å². The average molecular weight is 371 g/mol. The van der Waals surface area contributed by atoms with Gasteiger partial charge >= 0.3 is 0 Å². The lowest BCUT2D eigenvalue weighted by molar-refractivity contribution is -0.120. The van der Waals surface area contributed by atoms with E-state index >= 15 is 0 Å². The van der Waals surface area contributed by atoms with E-state index in [0.717, 1.165) is 43.2 Å². The van der Waals surface area contributed by atoms with Gasteiger partial charge in [0.15, 0.2) is 0 Å². The van der Waals surface area contributed by atoms with Crippen molar-refractivity contribution in [2.45, 2.75) is 19.5 Å². The van der Waals surface area contributed by atoms with Crippen LogP contribution < -0.4 is 10.2 Å². The molecular weight excluding hydrogens is 345 g/mol. The minimum absolute atomic E-state index is 0.0706. The Morgan fingerprint density at radius 3 is 2.41 bits per heavy atom. The van der Waals surface area contributed by atoms with Crippen molar-refractivity contribution in [2.75, 3.05) is 43.6 Å². The SMILES string of the molecule is CC(C(=O)Nc1ccc(N2CCOCC2)cc1)N(C)Cc1ccc(F)cc1. The number of benzene rings is 2. The molecule has 2 aromatic carbocycles. The van der Waals surface area contributed by atoms with Crippen LogP contribution in [0.5, 0.6) is 0 Å². The number of likely N-dealkylation sites (N-methyl/N-ethyl adjacent to an activating group) is 1. The van der Waals surface area contributed by atoms with Crippen molar-refractivity contribution in [3.05, 3.63) is 59.9 Å². The number of rotatable bonds is 6. The van der Waals surface area contributed by atoms with Gasteiger partial charge in [-0.25, -0.2) is 4.39 Å². The highest BCUT2D eigenvalue weighted by Gasteiger charge is 2.18. The van der Waals surface area contributed by atoms with Crippen LogP contribution in [0.15, 0.2) is 48.5 Å². The van der Waals surface area contributed by atoms with Gasteiger partial charge in [0.25, 0.3) is 0 Å². The molecule has 1 aliphatic heterocycles. The van der Waals surface area contributed by atoms with Crippen LogP contribution in [0.2, 0.25) is 0 Å². The Morgan fingerprint density at radius 2 is 1.78 bits per heavy atom. The molecule has 27 heavy (non-hydrogen) atoms. The molecular formula is C21H26FN3O2. The summed E-state index contributed by atoms with van der Waals surface area (Å²) >= 11 is 0. The lowest BCUT2D eigenvalue weighted by atomic mass is 10.1. The Kier molecular flexibility index (Phi) is 6.42. The van der Waals surface area contributed by atoms with Crippen molar-refractivity contribution in [1.82, 2.24) is 4.90 Å². The van der Waals surface area contributed by atoms with Crippen LogP contribution in [-0.4, -0.2) is 50.2 Å². The van der Waals surface area contributed by atoms with E-state index in [-0.39, 0.29) is 17.8 Å². The first-order valence-electron chi connectivity index (χ1n) is 9.21. The predicted octanol–water partition coefficient (Wildman–Crippen LogP) is 3.12. The Balaban J connectivity index is 1.54. The van der Waals surface area contributed by atoms with Gasteiger partial charge in [0.2, 0.25) is 5.91 Å².